The van der Waals surface area contributed by atoms with Gasteiger partial charge in [-0.3, -0.25) is 4.79 Å². The molecular weight excluding hydrogens is 240 g/mol. The Labute approximate surface area is 105 Å². The Hall–Kier alpha value is -1.18. The minimum absolute atomic E-state index is 0.209. The van der Waals surface area contributed by atoms with Crippen molar-refractivity contribution in [1.29, 1.82) is 0 Å². The second kappa shape index (κ2) is 5.64. The van der Waals surface area contributed by atoms with E-state index in [2.05, 4.69) is 5.32 Å². The summed E-state index contributed by atoms with van der Waals surface area (Å²) in [6.07, 6.45) is 0.130. The summed E-state index contributed by atoms with van der Waals surface area (Å²) >= 11 is 0. The molecule has 0 saturated carbocycles. The lowest BCUT2D eigenvalue weighted by Gasteiger charge is -2.29. The van der Waals surface area contributed by atoms with E-state index in [0.29, 0.717) is 32.7 Å². The molecule has 3 unspecified atom stereocenters. The van der Waals surface area contributed by atoms with Crippen LogP contribution in [0.25, 0.3) is 0 Å². The van der Waals surface area contributed by atoms with Crippen LogP contribution in [-0.4, -0.2) is 73.5 Å². The maximum atomic E-state index is 12.2. The van der Waals surface area contributed by atoms with Gasteiger partial charge in [-0.25, -0.2) is 4.79 Å². The van der Waals surface area contributed by atoms with Gasteiger partial charge in [0.1, 0.15) is 12.1 Å². The Kier molecular flexibility index (Phi) is 4.15. The molecule has 0 aromatic heterocycles. The van der Waals surface area contributed by atoms with E-state index < -0.39 is 18.1 Å². The Morgan fingerprint density at radius 3 is 2.83 bits per heavy atom. The van der Waals surface area contributed by atoms with Crippen molar-refractivity contribution in [2.75, 3.05) is 33.4 Å². The van der Waals surface area contributed by atoms with Crippen molar-refractivity contribution in [2.45, 2.75) is 24.6 Å². The fourth-order valence-corrected chi connectivity index (χ4v) is 2.37. The number of aliphatic carboxylic acids is 1. The topological polar surface area (TPSA) is 88.1 Å². The predicted molar refractivity (Wildman–Crippen MR) is 61.2 cm³/mol. The molecule has 0 aromatic rings. The number of ether oxygens (including phenoxy) is 2. The van der Waals surface area contributed by atoms with Crippen molar-refractivity contribution >= 4 is 11.9 Å². The normalized spacial score (nSPS) is 32.5. The largest absolute Gasteiger partial charge is 0.480 e. The summed E-state index contributed by atoms with van der Waals surface area (Å²) in [6.45, 7) is 1.80. The van der Waals surface area contributed by atoms with Crippen LogP contribution < -0.4 is 5.32 Å². The minimum atomic E-state index is -0.986. The third-order valence-corrected chi connectivity index (χ3v) is 3.38. The lowest BCUT2D eigenvalue weighted by Crippen LogP contribution is -2.54. The number of carboxylic acid groups (broad SMARTS) is 1. The Bertz CT molecular complexity index is 329. The molecule has 7 heteroatoms. The van der Waals surface area contributed by atoms with Crippen LogP contribution in [0.3, 0.4) is 0 Å². The zero-order chi connectivity index (χ0) is 13.1. The summed E-state index contributed by atoms with van der Waals surface area (Å²) in [7, 11) is 1.53. The average molecular weight is 258 g/mol. The van der Waals surface area contributed by atoms with Gasteiger partial charge in [-0.15, -0.1) is 0 Å². The van der Waals surface area contributed by atoms with Gasteiger partial charge in [-0.1, -0.05) is 0 Å². The molecule has 1 amide bonds. The van der Waals surface area contributed by atoms with Gasteiger partial charge in [-0.05, 0) is 0 Å². The molecule has 0 aromatic carbocycles. The minimum Gasteiger partial charge on any atom is -0.480 e. The standard InChI is InChI=1S/C11H18N2O5/c1-17-7-4-9(11(15)16)13(5-7)10(14)8-6-18-3-2-12-8/h7-9,12H,2-6H2,1H3,(H,15,16). The number of morpholine rings is 1. The summed E-state index contributed by atoms with van der Waals surface area (Å²) in [4.78, 5) is 24.8. The number of amides is 1. The van der Waals surface area contributed by atoms with E-state index in [-0.39, 0.29) is 12.0 Å². The number of nitrogens with zero attached hydrogens (tertiary/aromatic N) is 1. The van der Waals surface area contributed by atoms with E-state index in [1.165, 1.54) is 12.0 Å². The predicted octanol–water partition coefficient (Wildman–Crippen LogP) is -1.32. The van der Waals surface area contributed by atoms with Crippen LogP contribution in [0, 0.1) is 0 Å². The molecule has 0 aliphatic carbocycles. The number of carbonyl (C=O) groups excluding carboxylic acids is 1. The lowest BCUT2D eigenvalue weighted by molar-refractivity contribution is -0.150. The molecule has 102 valence electrons. The maximum Gasteiger partial charge on any atom is 0.326 e. The third kappa shape index (κ3) is 2.63. The van der Waals surface area contributed by atoms with Crippen LogP contribution in [0.1, 0.15) is 6.42 Å². The highest BCUT2D eigenvalue weighted by molar-refractivity contribution is 5.88. The van der Waals surface area contributed by atoms with Gasteiger partial charge in [0, 0.05) is 26.6 Å². The van der Waals surface area contributed by atoms with Crippen molar-refractivity contribution in [3.05, 3.63) is 0 Å². The summed E-state index contributed by atoms with van der Waals surface area (Å²) in [5, 5.41) is 12.2. The third-order valence-electron chi connectivity index (χ3n) is 3.38. The zero-order valence-electron chi connectivity index (χ0n) is 10.3. The van der Waals surface area contributed by atoms with Crippen LogP contribution in [-0.2, 0) is 19.1 Å². The average Bonchev–Trinajstić information content (AvgIpc) is 2.83. The van der Waals surface area contributed by atoms with Crippen LogP contribution in [0.15, 0.2) is 0 Å². The van der Waals surface area contributed by atoms with Crippen molar-refractivity contribution in [1.82, 2.24) is 10.2 Å². The van der Waals surface area contributed by atoms with E-state index in [9.17, 15) is 9.59 Å². The number of nitrogens with one attached hydrogen (secondary N) is 1. The molecule has 3 atom stereocenters. The molecule has 0 spiro atoms. The van der Waals surface area contributed by atoms with E-state index in [1.807, 2.05) is 0 Å². The summed E-state index contributed by atoms with van der Waals surface area (Å²) < 4.78 is 10.4. The molecule has 2 aliphatic rings. The highest BCUT2D eigenvalue weighted by Crippen LogP contribution is 2.21. The van der Waals surface area contributed by atoms with E-state index >= 15 is 0 Å². The number of likely N-dealkylation sites (tertiary alicyclic amines) is 1. The molecule has 18 heavy (non-hydrogen) atoms. The Morgan fingerprint density at radius 1 is 1.50 bits per heavy atom. The van der Waals surface area contributed by atoms with E-state index in [0.717, 1.165) is 0 Å². The number of rotatable bonds is 3. The molecule has 0 radical (unpaired) electrons. The van der Waals surface area contributed by atoms with Gasteiger partial charge in [0.25, 0.3) is 0 Å². The fraction of sp³-hybridized carbons (Fsp3) is 0.818. The summed E-state index contributed by atoms with van der Waals surface area (Å²) in [6, 6.07) is -1.25. The first-order valence-corrected chi connectivity index (χ1v) is 6.00. The van der Waals surface area contributed by atoms with Crippen LogP contribution in [0.5, 0.6) is 0 Å². The van der Waals surface area contributed by atoms with Crippen molar-refractivity contribution in [2.24, 2.45) is 0 Å². The van der Waals surface area contributed by atoms with Crippen molar-refractivity contribution in [3.63, 3.8) is 0 Å². The first-order chi connectivity index (χ1) is 8.63. The number of methoxy groups -OCH3 is 1. The highest BCUT2D eigenvalue weighted by atomic mass is 16.5. The Balaban J connectivity index is 2.04. The summed E-state index contributed by atoms with van der Waals surface area (Å²) in [5.41, 5.74) is 0. The number of carboxylic acids is 1. The van der Waals surface area contributed by atoms with Gasteiger partial charge in [0.05, 0.1) is 19.3 Å². The zero-order valence-corrected chi connectivity index (χ0v) is 10.3. The number of hydrogen-bond donors (Lipinski definition) is 2. The van der Waals surface area contributed by atoms with Crippen LogP contribution in [0.2, 0.25) is 0 Å². The quantitative estimate of drug-likeness (QED) is 0.652. The molecular formula is C11H18N2O5. The lowest BCUT2D eigenvalue weighted by atomic mass is 10.2. The second-order valence-corrected chi connectivity index (χ2v) is 4.52. The van der Waals surface area contributed by atoms with E-state index in [1.54, 1.807) is 0 Å². The molecule has 2 N–H and O–H groups in total. The second-order valence-electron chi connectivity index (χ2n) is 4.52. The first-order valence-electron chi connectivity index (χ1n) is 6.00. The SMILES string of the molecule is COC1CC(C(=O)O)N(C(=O)C2COCCN2)C1. The highest BCUT2D eigenvalue weighted by Gasteiger charge is 2.42. The molecule has 2 saturated heterocycles. The molecule has 2 aliphatic heterocycles. The van der Waals surface area contributed by atoms with Crippen molar-refractivity contribution in [3.8, 4) is 0 Å². The van der Waals surface area contributed by atoms with Crippen LogP contribution in [0.4, 0.5) is 0 Å². The van der Waals surface area contributed by atoms with E-state index in [4.69, 9.17) is 14.6 Å². The van der Waals surface area contributed by atoms with Crippen molar-refractivity contribution < 1.29 is 24.2 Å². The molecule has 7 nitrogen and oxygen atoms in total. The smallest absolute Gasteiger partial charge is 0.326 e. The molecule has 0 bridgehead atoms. The molecule has 2 fully saturated rings. The molecule has 2 heterocycles. The first kappa shape index (κ1) is 13.3. The maximum absolute atomic E-state index is 12.2. The number of hydrogen-bond acceptors (Lipinski definition) is 5. The molecule has 2 rings (SSSR count). The van der Waals surface area contributed by atoms with Gasteiger partial charge in [0.15, 0.2) is 0 Å². The van der Waals surface area contributed by atoms with Crippen LogP contribution >= 0.6 is 0 Å². The number of carbonyl (C=O) groups is 2. The van der Waals surface area contributed by atoms with Gasteiger partial charge in [0.2, 0.25) is 5.91 Å². The fourth-order valence-electron chi connectivity index (χ4n) is 2.37. The summed E-state index contributed by atoms with van der Waals surface area (Å²) in [5.74, 6) is -1.21. The van der Waals surface area contributed by atoms with Gasteiger partial charge < -0.3 is 24.8 Å². The Morgan fingerprint density at radius 2 is 2.28 bits per heavy atom. The van der Waals surface area contributed by atoms with Gasteiger partial charge in [-0.2, -0.15) is 0 Å². The monoisotopic (exact) mass is 258 g/mol. The van der Waals surface area contributed by atoms with Gasteiger partial charge >= 0.3 is 5.97 Å².